The van der Waals surface area contributed by atoms with Crippen LogP contribution in [0.5, 0.6) is 0 Å². The van der Waals surface area contributed by atoms with Gasteiger partial charge in [-0.05, 0) is 23.8 Å². The lowest BCUT2D eigenvalue weighted by Gasteiger charge is -2.16. The van der Waals surface area contributed by atoms with Crippen LogP contribution in [0.15, 0.2) is 30.3 Å². The second-order valence-electron chi connectivity index (χ2n) is 6.16. The van der Waals surface area contributed by atoms with Crippen molar-refractivity contribution in [1.29, 1.82) is 0 Å². The Balaban J connectivity index is 2.91. The number of carbonyl (C=O) groups excluding carboxylic acids is 2. The van der Waals surface area contributed by atoms with E-state index in [2.05, 4.69) is 13.8 Å². The number of ketones is 2. The van der Waals surface area contributed by atoms with E-state index < -0.39 is 0 Å². The summed E-state index contributed by atoms with van der Waals surface area (Å²) in [5.74, 6) is 0.347. The summed E-state index contributed by atoms with van der Waals surface area (Å²) >= 11 is 0. The SMILES string of the molecule is CC(=O)c1ccc(C(C)C)c2cccc(C(=O)C(C)C)c12. The molecule has 0 atom stereocenters. The van der Waals surface area contributed by atoms with E-state index in [9.17, 15) is 9.59 Å². The van der Waals surface area contributed by atoms with E-state index in [0.29, 0.717) is 17.0 Å². The topological polar surface area (TPSA) is 34.1 Å². The minimum atomic E-state index is -0.0851. The van der Waals surface area contributed by atoms with Crippen molar-refractivity contribution in [3.8, 4) is 0 Å². The molecule has 0 aromatic heterocycles. The summed E-state index contributed by atoms with van der Waals surface area (Å²) in [6.07, 6.45) is 0. The molecule has 2 aromatic rings. The molecule has 0 aliphatic carbocycles. The van der Waals surface area contributed by atoms with Gasteiger partial charge < -0.3 is 0 Å². The Hall–Kier alpha value is -1.96. The zero-order valence-corrected chi connectivity index (χ0v) is 13.4. The lowest BCUT2D eigenvalue weighted by atomic mass is 9.87. The molecule has 2 nitrogen and oxygen atoms in total. The quantitative estimate of drug-likeness (QED) is 0.739. The number of carbonyl (C=O) groups is 2. The first-order chi connectivity index (χ1) is 9.84. The summed E-state index contributed by atoms with van der Waals surface area (Å²) in [5, 5.41) is 1.83. The zero-order chi connectivity index (χ0) is 15.7. The molecule has 0 radical (unpaired) electrons. The van der Waals surface area contributed by atoms with E-state index in [1.807, 2.05) is 44.2 Å². The summed E-state index contributed by atoms with van der Waals surface area (Å²) < 4.78 is 0. The highest BCUT2D eigenvalue weighted by molar-refractivity contribution is 6.17. The van der Waals surface area contributed by atoms with Crippen molar-refractivity contribution in [3.63, 3.8) is 0 Å². The molecule has 0 heterocycles. The number of Topliss-reactive ketones (excluding diaryl/α,β-unsaturated/α-hetero) is 2. The van der Waals surface area contributed by atoms with E-state index in [1.54, 1.807) is 6.92 Å². The smallest absolute Gasteiger partial charge is 0.166 e. The molecule has 0 bridgehead atoms. The van der Waals surface area contributed by atoms with Gasteiger partial charge in [-0.15, -0.1) is 0 Å². The van der Waals surface area contributed by atoms with E-state index in [1.165, 1.54) is 5.56 Å². The van der Waals surface area contributed by atoms with Crippen molar-refractivity contribution >= 4 is 22.3 Å². The summed E-state index contributed by atoms with van der Waals surface area (Å²) in [5.41, 5.74) is 2.47. The standard InChI is InChI=1S/C19H22O2/c1-11(2)14-9-10-15(13(5)20)18-16(14)7-6-8-17(18)19(21)12(3)4/h6-12H,1-5H3. The van der Waals surface area contributed by atoms with Gasteiger partial charge in [0.25, 0.3) is 0 Å². The third-order valence-corrected chi connectivity index (χ3v) is 3.87. The number of hydrogen-bond acceptors (Lipinski definition) is 2. The molecule has 0 fully saturated rings. The van der Waals surface area contributed by atoms with Crippen molar-refractivity contribution in [2.45, 2.75) is 40.5 Å². The molecule has 0 amide bonds. The lowest BCUT2D eigenvalue weighted by molar-refractivity contribution is 0.0941. The van der Waals surface area contributed by atoms with Crippen LogP contribution >= 0.6 is 0 Å². The fraction of sp³-hybridized carbons (Fsp3) is 0.368. The van der Waals surface area contributed by atoms with Gasteiger partial charge in [0.1, 0.15) is 0 Å². The highest BCUT2D eigenvalue weighted by atomic mass is 16.1. The van der Waals surface area contributed by atoms with Crippen LogP contribution in [0.1, 0.15) is 66.8 Å². The van der Waals surface area contributed by atoms with Gasteiger partial charge in [0, 0.05) is 22.4 Å². The average Bonchev–Trinajstić information content (AvgIpc) is 2.43. The van der Waals surface area contributed by atoms with E-state index in [0.717, 1.165) is 10.8 Å². The number of hydrogen-bond donors (Lipinski definition) is 0. The molecule has 0 saturated heterocycles. The van der Waals surface area contributed by atoms with Crippen LogP contribution in [-0.4, -0.2) is 11.6 Å². The van der Waals surface area contributed by atoms with Gasteiger partial charge in [0.2, 0.25) is 0 Å². The van der Waals surface area contributed by atoms with Crippen LogP contribution in [0.25, 0.3) is 10.8 Å². The second-order valence-corrected chi connectivity index (χ2v) is 6.16. The maximum atomic E-state index is 12.5. The highest BCUT2D eigenvalue weighted by Gasteiger charge is 2.19. The predicted molar refractivity (Wildman–Crippen MR) is 87.2 cm³/mol. The van der Waals surface area contributed by atoms with E-state index in [-0.39, 0.29) is 17.5 Å². The zero-order valence-electron chi connectivity index (χ0n) is 13.4. The van der Waals surface area contributed by atoms with Gasteiger partial charge in [0.05, 0.1) is 0 Å². The minimum Gasteiger partial charge on any atom is -0.294 e. The van der Waals surface area contributed by atoms with Gasteiger partial charge >= 0.3 is 0 Å². The van der Waals surface area contributed by atoms with Crippen LogP contribution < -0.4 is 0 Å². The second kappa shape index (κ2) is 5.80. The number of rotatable bonds is 4. The van der Waals surface area contributed by atoms with Crippen LogP contribution in [-0.2, 0) is 0 Å². The first kappa shape index (κ1) is 15.4. The molecular weight excluding hydrogens is 260 g/mol. The van der Waals surface area contributed by atoms with Crippen LogP contribution in [0.4, 0.5) is 0 Å². The van der Waals surface area contributed by atoms with Crippen LogP contribution in [0.2, 0.25) is 0 Å². The van der Waals surface area contributed by atoms with Gasteiger partial charge in [-0.25, -0.2) is 0 Å². The maximum absolute atomic E-state index is 12.5. The van der Waals surface area contributed by atoms with Crippen LogP contribution in [0, 0.1) is 5.92 Å². The summed E-state index contributed by atoms with van der Waals surface area (Å²) in [4.78, 5) is 24.5. The Morgan fingerprint density at radius 3 is 2.10 bits per heavy atom. The molecule has 21 heavy (non-hydrogen) atoms. The molecule has 0 aliphatic heterocycles. The molecule has 110 valence electrons. The Bertz CT molecular complexity index is 709. The van der Waals surface area contributed by atoms with Gasteiger partial charge in [-0.3, -0.25) is 9.59 Å². The average molecular weight is 282 g/mol. The fourth-order valence-electron chi connectivity index (χ4n) is 2.74. The largest absolute Gasteiger partial charge is 0.294 e. The molecule has 0 N–H and O–H groups in total. The van der Waals surface area contributed by atoms with Crippen molar-refractivity contribution in [3.05, 3.63) is 47.0 Å². The normalized spacial score (nSPS) is 11.4. The first-order valence-corrected chi connectivity index (χ1v) is 7.45. The third-order valence-electron chi connectivity index (χ3n) is 3.87. The molecule has 2 rings (SSSR count). The first-order valence-electron chi connectivity index (χ1n) is 7.45. The number of fused-ring (bicyclic) bond motifs is 1. The minimum absolute atomic E-state index is 0.000637. The van der Waals surface area contributed by atoms with Gasteiger partial charge in [-0.2, -0.15) is 0 Å². The molecule has 2 heteroatoms. The maximum Gasteiger partial charge on any atom is 0.166 e. The molecule has 2 aromatic carbocycles. The molecule has 0 spiro atoms. The van der Waals surface area contributed by atoms with Gasteiger partial charge in [-0.1, -0.05) is 58.0 Å². The summed E-state index contributed by atoms with van der Waals surface area (Å²) in [6.45, 7) is 9.58. The fourth-order valence-corrected chi connectivity index (χ4v) is 2.74. The monoisotopic (exact) mass is 282 g/mol. The lowest BCUT2D eigenvalue weighted by Crippen LogP contribution is -2.10. The Morgan fingerprint density at radius 1 is 0.905 bits per heavy atom. The van der Waals surface area contributed by atoms with Crippen molar-refractivity contribution < 1.29 is 9.59 Å². The summed E-state index contributed by atoms with van der Waals surface area (Å²) in [7, 11) is 0. The van der Waals surface area contributed by atoms with Gasteiger partial charge in [0.15, 0.2) is 11.6 Å². The van der Waals surface area contributed by atoms with Crippen molar-refractivity contribution in [1.82, 2.24) is 0 Å². The van der Waals surface area contributed by atoms with E-state index >= 15 is 0 Å². The highest BCUT2D eigenvalue weighted by Crippen LogP contribution is 2.32. The van der Waals surface area contributed by atoms with Crippen molar-refractivity contribution in [2.75, 3.05) is 0 Å². The van der Waals surface area contributed by atoms with Crippen LogP contribution in [0.3, 0.4) is 0 Å². The Kier molecular flexibility index (Phi) is 4.26. The molecule has 0 aliphatic rings. The predicted octanol–water partition coefficient (Wildman–Crippen LogP) is 5.00. The summed E-state index contributed by atoms with van der Waals surface area (Å²) in [6, 6.07) is 9.62. The molecule has 0 saturated carbocycles. The Morgan fingerprint density at radius 2 is 1.57 bits per heavy atom. The third kappa shape index (κ3) is 2.76. The Labute approximate surface area is 126 Å². The van der Waals surface area contributed by atoms with E-state index in [4.69, 9.17) is 0 Å². The van der Waals surface area contributed by atoms with Crippen molar-refractivity contribution in [2.24, 2.45) is 5.92 Å². The molecule has 0 unspecified atom stereocenters. The molecular formula is C19H22O2. The number of benzene rings is 2.